The van der Waals surface area contributed by atoms with E-state index < -0.39 is 0 Å². The Morgan fingerprint density at radius 3 is 2.73 bits per heavy atom. The van der Waals surface area contributed by atoms with Crippen LogP contribution >= 0.6 is 0 Å². The zero-order chi connectivity index (χ0) is 18.8. The molecule has 0 aliphatic carbocycles. The minimum Gasteiger partial charge on any atom is -0.333 e. The number of nitrogens with zero attached hydrogens (tertiary/aromatic N) is 5. The van der Waals surface area contributed by atoms with Gasteiger partial charge in [-0.05, 0) is 26.8 Å². The van der Waals surface area contributed by atoms with Gasteiger partial charge in [0.2, 0.25) is 0 Å². The largest absolute Gasteiger partial charge is 0.333 e. The Kier molecular flexibility index (Phi) is 4.83. The van der Waals surface area contributed by atoms with Crippen LogP contribution in [-0.2, 0) is 6.54 Å². The van der Waals surface area contributed by atoms with Crippen LogP contribution in [0.25, 0.3) is 0 Å². The van der Waals surface area contributed by atoms with Crippen LogP contribution < -0.4 is 0 Å². The molecule has 0 bridgehead atoms. The standard InChI is InChI=1S/C18H21FN6O/c1-11-17(12(2)21-20-11)13(3)24(4)18(26)16-10-25(23-22-16)9-14-7-5-6-8-15(14)19/h5-8,10,13H,9H2,1-4H3,(H,20,21)/t13-/m0/s1. The van der Waals surface area contributed by atoms with Gasteiger partial charge in [0, 0.05) is 23.9 Å². The number of halogens is 1. The summed E-state index contributed by atoms with van der Waals surface area (Å²) in [7, 11) is 1.72. The van der Waals surface area contributed by atoms with Crippen LogP contribution in [0.1, 0.15) is 46.0 Å². The van der Waals surface area contributed by atoms with Crippen molar-refractivity contribution in [1.29, 1.82) is 0 Å². The maximum Gasteiger partial charge on any atom is 0.276 e. The molecule has 0 aliphatic heterocycles. The lowest BCUT2D eigenvalue weighted by molar-refractivity contribution is 0.0736. The molecule has 0 fully saturated rings. The average molecular weight is 356 g/mol. The molecule has 7 nitrogen and oxygen atoms in total. The van der Waals surface area contributed by atoms with Gasteiger partial charge in [0.25, 0.3) is 5.91 Å². The highest BCUT2D eigenvalue weighted by Gasteiger charge is 2.25. The van der Waals surface area contributed by atoms with Crippen molar-refractivity contribution in [3.63, 3.8) is 0 Å². The number of H-pyrrole nitrogens is 1. The van der Waals surface area contributed by atoms with Gasteiger partial charge in [0.05, 0.1) is 24.5 Å². The first-order valence-electron chi connectivity index (χ1n) is 8.30. The van der Waals surface area contributed by atoms with Crippen LogP contribution in [0.5, 0.6) is 0 Å². The minimum absolute atomic E-state index is 0.169. The highest BCUT2D eigenvalue weighted by atomic mass is 19.1. The predicted molar refractivity (Wildman–Crippen MR) is 94.1 cm³/mol. The molecule has 3 rings (SSSR count). The quantitative estimate of drug-likeness (QED) is 0.762. The van der Waals surface area contributed by atoms with E-state index in [0.717, 1.165) is 17.0 Å². The van der Waals surface area contributed by atoms with Gasteiger partial charge in [-0.15, -0.1) is 5.10 Å². The molecule has 3 aromatic rings. The molecule has 1 aromatic carbocycles. The molecule has 1 N–H and O–H groups in total. The van der Waals surface area contributed by atoms with Crippen molar-refractivity contribution in [3.05, 3.63) is 64.5 Å². The second-order valence-corrected chi connectivity index (χ2v) is 6.33. The molecule has 2 heterocycles. The average Bonchev–Trinajstić information content (AvgIpc) is 3.22. The van der Waals surface area contributed by atoms with Crippen molar-refractivity contribution < 1.29 is 9.18 Å². The fourth-order valence-electron chi connectivity index (χ4n) is 3.00. The van der Waals surface area contributed by atoms with E-state index in [1.807, 2.05) is 20.8 Å². The fraction of sp³-hybridized carbons (Fsp3) is 0.333. The van der Waals surface area contributed by atoms with Crippen LogP contribution in [0.4, 0.5) is 4.39 Å². The third kappa shape index (κ3) is 3.35. The van der Waals surface area contributed by atoms with Gasteiger partial charge in [-0.3, -0.25) is 9.89 Å². The van der Waals surface area contributed by atoms with Crippen LogP contribution in [0, 0.1) is 19.7 Å². The number of aromatic nitrogens is 5. The van der Waals surface area contributed by atoms with Gasteiger partial charge in [-0.2, -0.15) is 5.10 Å². The summed E-state index contributed by atoms with van der Waals surface area (Å²) in [6.07, 6.45) is 1.53. The Hall–Kier alpha value is -3.03. The molecule has 26 heavy (non-hydrogen) atoms. The second-order valence-electron chi connectivity index (χ2n) is 6.33. The second kappa shape index (κ2) is 7.07. The first-order chi connectivity index (χ1) is 12.4. The third-order valence-corrected chi connectivity index (χ3v) is 4.55. The lowest BCUT2D eigenvalue weighted by Gasteiger charge is -2.24. The van der Waals surface area contributed by atoms with E-state index in [1.54, 1.807) is 30.1 Å². The number of hydrogen-bond donors (Lipinski definition) is 1. The Labute approximate surface area is 150 Å². The Balaban J connectivity index is 1.76. The maximum atomic E-state index is 13.8. The summed E-state index contributed by atoms with van der Waals surface area (Å²) in [5.74, 6) is -0.565. The molecular formula is C18H21FN6O. The van der Waals surface area contributed by atoms with Crippen LogP contribution in [0.3, 0.4) is 0 Å². The normalized spacial score (nSPS) is 12.2. The highest BCUT2D eigenvalue weighted by molar-refractivity contribution is 5.92. The van der Waals surface area contributed by atoms with Gasteiger partial charge < -0.3 is 4.90 Å². The first-order valence-corrected chi connectivity index (χ1v) is 8.30. The van der Waals surface area contributed by atoms with Gasteiger partial charge in [0.1, 0.15) is 5.82 Å². The predicted octanol–water partition coefficient (Wildman–Crippen LogP) is 2.64. The molecule has 0 unspecified atom stereocenters. The molecule has 0 spiro atoms. The number of rotatable bonds is 5. The molecule has 8 heteroatoms. The van der Waals surface area contributed by atoms with E-state index in [9.17, 15) is 9.18 Å². The van der Waals surface area contributed by atoms with E-state index in [4.69, 9.17) is 0 Å². The number of carbonyl (C=O) groups excluding carboxylic acids is 1. The van der Waals surface area contributed by atoms with Gasteiger partial charge in [0.15, 0.2) is 5.69 Å². The number of aromatic amines is 1. The summed E-state index contributed by atoms with van der Waals surface area (Å²) in [6, 6.07) is 6.29. The number of amides is 1. The summed E-state index contributed by atoms with van der Waals surface area (Å²) in [5.41, 5.74) is 3.48. The van der Waals surface area contributed by atoms with Crippen LogP contribution in [0.2, 0.25) is 0 Å². The van der Waals surface area contributed by atoms with E-state index in [1.165, 1.54) is 16.9 Å². The number of nitrogens with one attached hydrogen (secondary N) is 1. The van der Waals surface area contributed by atoms with Crippen molar-refractivity contribution in [2.45, 2.75) is 33.4 Å². The Morgan fingerprint density at radius 1 is 1.35 bits per heavy atom. The summed E-state index contributed by atoms with van der Waals surface area (Å²) in [4.78, 5) is 14.3. The zero-order valence-electron chi connectivity index (χ0n) is 15.2. The fourth-order valence-corrected chi connectivity index (χ4v) is 3.00. The number of hydrogen-bond acceptors (Lipinski definition) is 4. The van der Waals surface area contributed by atoms with E-state index >= 15 is 0 Å². The van der Waals surface area contributed by atoms with Crippen molar-refractivity contribution in [3.8, 4) is 0 Å². The highest BCUT2D eigenvalue weighted by Crippen LogP contribution is 2.25. The first kappa shape index (κ1) is 17.8. The maximum absolute atomic E-state index is 13.8. The smallest absolute Gasteiger partial charge is 0.276 e. The zero-order valence-corrected chi connectivity index (χ0v) is 15.2. The van der Waals surface area contributed by atoms with Crippen molar-refractivity contribution >= 4 is 5.91 Å². The Bertz CT molecular complexity index is 912. The lowest BCUT2D eigenvalue weighted by Crippen LogP contribution is -2.30. The van der Waals surface area contributed by atoms with Crippen LogP contribution in [-0.4, -0.2) is 43.0 Å². The number of carbonyl (C=O) groups is 1. The molecule has 136 valence electrons. The van der Waals surface area contributed by atoms with Crippen molar-refractivity contribution in [2.75, 3.05) is 7.05 Å². The SMILES string of the molecule is Cc1n[nH]c(C)c1[C@H](C)N(C)C(=O)c1cn(Cc2ccccc2F)nn1. The molecule has 2 aromatic heterocycles. The topological polar surface area (TPSA) is 79.7 Å². The summed E-state index contributed by atoms with van der Waals surface area (Å²) >= 11 is 0. The van der Waals surface area contributed by atoms with Gasteiger partial charge in [-0.1, -0.05) is 23.4 Å². The number of aryl methyl sites for hydroxylation is 2. The minimum atomic E-state index is -0.312. The summed E-state index contributed by atoms with van der Waals surface area (Å²) < 4.78 is 15.2. The Morgan fingerprint density at radius 2 is 2.08 bits per heavy atom. The number of benzene rings is 1. The molecule has 0 saturated heterocycles. The van der Waals surface area contributed by atoms with Crippen molar-refractivity contribution in [2.24, 2.45) is 0 Å². The van der Waals surface area contributed by atoms with Gasteiger partial charge in [-0.25, -0.2) is 9.07 Å². The van der Waals surface area contributed by atoms with E-state index in [2.05, 4.69) is 20.5 Å². The third-order valence-electron chi connectivity index (χ3n) is 4.55. The molecule has 1 amide bonds. The van der Waals surface area contributed by atoms with Gasteiger partial charge >= 0.3 is 0 Å². The molecule has 0 aliphatic rings. The summed E-state index contributed by atoms with van der Waals surface area (Å²) in [5, 5.41) is 15.0. The molecule has 0 radical (unpaired) electrons. The van der Waals surface area contributed by atoms with Crippen LogP contribution in [0.15, 0.2) is 30.5 Å². The lowest BCUT2D eigenvalue weighted by atomic mass is 10.1. The molecule has 1 atom stereocenters. The van der Waals surface area contributed by atoms with Crippen molar-refractivity contribution in [1.82, 2.24) is 30.1 Å². The van der Waals surface area contributed by atoms with E-state index in [-0.39, 0.29) is 30.0 Å². The molecular weight excluding hydrogens is 335 g/mol. The molecule has 0 saturated carbocycles. The van der Waals surface area contributed by atoms with E-state index in [0.29, 0.717) is 5.56 Å². The summed E-state index contributed by atoms with van der Waals surface area (Å²) in [6.45, 7) is 5.98. The monoisotopic (exact) mass is 356 g/mol.